The van der Waals surface area contributed by atoms with Crippen LogP contribution in [0.5, 0.6) is 0 Å². The second-order valence-corrected chi connectivity index (χ2v) is 4.44. The molecule has 1 heterocycles. The number of rotatable bonds is 2. The molecular weight excluding hydrogens is 234 g/mol. The largest absolute Gasteiger partial charge is 0.353 e. The van der Waals surface area contributed by atoms with Crippen molar-refractivity contribution in [2.45, 2.75) is 6.54 Å². The quantitative estimate of drug-likeness (QED) is 0.730. The van der Waals surface area contributed by atoms with Crippen LogP contribution in [0.4, 0.5) is 0 Å². The molecule has 0 saturated carbocycles. The van der Waals surface area contributed by atoms with E-state index >= 15 is 0 Å². The molecule has 2 aromatic carbocycles. The Morgan fingerprint density at radius 3 is 2.74 bits per heavy atom. The topological polar surface area (TPSA) is 65.6 Å². The van der Waals surface area contributed by atoms with Crippen molar-refractivity contribution in [3.05, 3.63) is 59.7 Å². The fourth-order valence-electron chi connectivity index (χ4n) is 2.33. The Hall–Kier alpha value is -2.57. The van der Waals surface area contributed by atoms with E-state index < -0.39 is 0 Å². The molecule has 0 radical (unpaired) electrons. The highest BCUT2D eigenvalue weighted by Crippen LogP contribution is 2.29. The van der Waals surface area contributed by atoms with E-state index in [1.807, 2.05) is 48.5 Å². The molecule has 0 saturated heterocycles. The summed E-state index contributed by atoms with van der Waals surface area (Å²) in [6, 6.07) is 18.1. The Balaban J connectivity index is 2.27. The maximum absolute atomic E-state index is 9.40. The highest BCUT2D eigenvalue weighted by atomic mass is 14.7. The maximum Gasteiger partial charge on any atom is 0.102 e. The fraction of sp³-hybridized carbons (Fsp3) is 0.0625. The number of fused-ring (bicyclic) bond motifs is 1. The molecule has 3 nitrogen and oxygen atoms in total. The van der Waals surface area contributed by atoms with E-state index in [2.05, 4.69) is 11.1 Å². The minimum Gasteiger partial charge on any atom is -0.353 e. The third-order valence-corrected chi connectivity index (χ3v) is 3.27. The van der Waals surface area contributed by atoms with Gasteiger partial charge in [-0.1, -0.05) is 36.4 Å². The maximum atomic E-state index is 9.40. The number of aromatic nitrogens is 1. The van der Waals surface area contributed by atoms with E-state index in [-0.39, 0.29) is 0 Å². The third kappa shape index (κ3) is 1.88. The Morgan fingerprint density at radius 1 is 1.11 bits per heavy atom. The lowest BCUT2D eigenvalue weighted by Crippen LogP contribution is -1.96. The van der Waals surface area contributed by atoms with Crippen LogP contribution in [0.15, 0.2) is 48.5 Å². The second kappa shape index (κ2) is 4.60. The molecule has 0 spiro atoms. The number of nitrogens with two attached hydrogens (primary N) is 1. The number of nitriles is 1. The fourth-order valence-corrected chi connectivity index (χ4v) is 2.33. The molecular formula is C16H13N3. The number of nitrogens with one attached hydrogen (secondary N) is 1. The van der Waals surface area contributed by atoms with Gasteiger partial charge in [0.15, 0.2) is 0 Å². The molecule has 0 bridgehead atoms. The van der Waals surface area contributed by atoms with E-state index in [0.29, 0.717) is 12.1 Å². The van der Waals surface area contributed by atoms with Crippen molar-refractivity contribution < 1.29 is 0 Å². The van der Waals surface area contributed by atoms with Crippen LogP contribution >= 0.6 is 0 Å². The van der Waals surface area contributed by atoms with Gasteiger partial charge in [0.05, 0.1) is 11.3 Å². The summed E-state index contributed by atoms with van der Waals surface area (Å²) in [6.07, 6.45) is 0. The molecule has 0 atom stereocenters. The van der Waals surface area contributed by atoms with Crippen molar-refractivity contribution in [2.75, 3.05) is 0 Å². The number of hydrogen-bond acceptors (Lipinski definition) is 2. The summed E-state index contributed by atoms with van der Waals surface area (Å²) >= 11 is 0. The lowest BCUT2D eigenvalue weighted by atomic mass is 10.0. The zero-order valence-corrected chi connectivity index (χ0v) is 10.4. The predicted molar refractivity (Wildman–Crippen MR) is 76.3 cm³/mol. The molecule has 0 unspecified atom stereocenters. The zero-order valence-electron chi connectivity index (χ0n) is 10.4. The van der Waals surface area contributed by atoms with Crippen LogP contribution in [0.2, 0.25) is 0 Å². The first-order chi connectivity index (χ1) is 9.33. The summed E-state index contributed by atoms with van der Waals surface area (Å²) in [7, 11) is 0. The van der Waals surface area contributed by atoms with Gasteiger partial charge in [0.1, 0.15) is 6.07 Å². The number of benzene rings is 2. The molecule has 3 heteroatoms. The highest BCUT2D eigenvalue weighted by molar-refractivity contribution is 5.93. The smallest absolute Gasteiger partial charge is 0.102 e. The number of para-hydroxylation sites is 1. The molecule has 0 aliphatic carbocycles. The van der Waals surface area contributed by atoms with Crippen LogP contribution < -0.4 is 5.73 Å². The Kier molecular flexibility index (Phi) is 2.79. The van der Waals surface area contributed by atoms with Crippen LogP contribution in [-0.4, -0.2) is 4.98 Å². The van der Waals surface area contributed by atoms with Crippen molar-refractivity contribution in [1.82, 2.24) is 4.98 Å². The van der Waals surface area contributed by atoms with E-state index in [1.165, 1.54) is 0 Å². The summed E-state index contributed by atoms with van der Waals surface area (Å²) in [5.74, 6) is 0. The van der Waals surface area contributed by atoms with Gasteiger partial charge in [0, 0.05) is 17.4 Å². The monoisotopic (exact) mass is 247 g/mol. The van der Waals surface area contributed by atoms with E-state index in [4.69, 9.17) is 5.73 Å². The number of hydrogen-bond donors (Lipinski definition) is 2. The molecule has 0 aliphatic heterocycles. The normalized spacial score (nSPS) is 10.5. The van der Waals surface area contributed by atoms with Gasteiger partial charge in [-0.2, -0.15) is 5.26 Å². The first-order valence-corrected chi connectivity index (χ1v) is 6.13. The van der Waals surface area contributed by atoms with Crippen molar-refractivity contribution in [2.24, 2.45) is 5.73 Å². The summed E-state index contributed by atoms with van der Waals surface area (Å²) in [5, 5.41) is 10.4. The Morgan fingerprint density at radius 2 is 1.95 bits per heavy atom. The van der Waals surface area contributed by atoms with Gasteiger partial charge in [0.25, 0.3) is 0 Å². The molecule has 0 amide bonds. The summed E-state index contributed by atoms with van der Waals surface area (Å²) in [6.45, 7) is 0.496. The first kappa shape index (κ1) is 11.5. The van der Waals surface area contributed by atoms with Crippen molar-refractivity contribution >= 4 is 10.9 Å². The zero-order chi connectivity index (χ0) is 13.2. The van der Waals surface area contributed by atoms with Gasteiger partial charge in [-0.3, -0.25) is 0 Å². The number of H-pyrrole nitrogens is 1. The molecule has 19 heavy (non-hydrogen) atoms. The molecule has 3 N–H and O–H groups in total. The minimum atomic E-state index is 0.496. The molecule has 92 valence electrons. The van der Waals surface area contributed by atoms with Gasteiger partial charge in [0.2, 0.25) is 0 Å². The molecule has 1 aromatic heterocycles. The predicted octanol–water partition coefficient (Wildman–Crippen LogP) is 3.17. The molecule has 0 aliphatic rings. The van der Waals surface area contributed by atoms with Crippen LogP contribution in [0, 0.1) is 11.3 Å². The average Bonchev–Trinajstić information content (AvgIpc) is 2.86. The van der Waals surface area contributed by atoms with Crippen LogP contribution in [0.1, 0.15) is 11.1 Å². The first-order valence-electron chi connectivity index (χ1n) is 6.13. The van der Waals surface area contributed by atoms with Gasteiger partial charge in [-0.05, 0) is 23.3 Å². The highest BCUT2D eigenvalue weighted by Gasteiger charge is 2.12. The van der Waals surface area contributed by atoms with E-state index in [9.17, 15) is 5.26 Å². The lowest BCUT2D eigenvalue weighted by Gasteiger charge is -2.02. The van der Waals surface area contributed by atoms with Crippen molar-refractivity contribution in [3.8, 4) is 17.3 Å². The number of aromatic amines is 1. The standard InChI is InChI=1S/C16H13N3/c17-9-11-4-3-5-12(8-11)16-14(10-18)13-6-1-2-7-15(13)19-16/h1-8,19H,9,17H2. The summed E-state index contributed by atoms with van der Waals surface area (Å²) in [5.41, 5.74) is 10.2. The summed E-state index contributed by atoms with van der Waals surface area (Å²) in [4.78, 5) is 3.32. The second-order valence-electron chi connectivity index (χ2n) is 4.44. The van der Waals surface area contributed by atoms with Crippen LogP contribution in [-0.2, 0) is 6.54 Å². The molecule has 0 fully saturated rings. The average molecular weight is 247 g/mol. The number of nitrogens with zero attached hydrogens (tertiary/aromatic N) is 1. The SMILES string of the molecule is N#Cc1c(-c2cccc(CN)c2)[nH]c2ccccc12. The van der Waals surface area contributed by atoms with E-state index in [1.54, 1.807) is 0 Å². The van der Waals surface area contributed by atoms with Crippen molar-refractivity contribution in [3.63, 3.8) is 0 Å². The van der Waals surface area contributed by atoms with Gasteiger partial charge < -0.3 is 10.7 Å². The van der Waals surface area contributed by atoms with Crippen LogP contribution in [0.3, 0.4) is 0 Å². The van der Waals surface area contributed by atoms with Crippen molar-refractivity contribution in [1.29, 1.82) is 5.26 Å². The lowest BCUT2D eigenvalue weighted by molar-refractivity contribution is 1.07. The Bertz CT molecular complexity index is 778. The Labute approximate surface area is 111 Å². The van der Waals surface area contributed by atoms with Crippen LogP contribution in [0.25, 0.3) is 22.2 Å². The van der Waals surface area contributed by atoms with Gasteiger partial charge in [-0.15, -0.1) is 0 Å². The third-order valence-electron chi connectivity index (χ3n) is 3.27. The minimum absolute atomic E-state index is 0.496. The molecule has 3 rings (SSSR count). The van der Waals surface area contributed by atoms with Gasteiger partial charge >= 0.3 is 0 Å². The summed E-state index contributed by atoms with van der Waals surface area (Å²) < 4.78 is 0. The molecule has 3 aromatic rings. The van der Waals surface area contributed by atoms with Gasteiger partial charge in [-0.25, -0.2) is 0 Å². The van der Waals surface area contributed by atoms with E-state index in [0.717, 1.165) is 27.7 Å².